The van der Waals surface area contributed by atoms with Crippen LogP contribution in [0.5, 0.6) is 0 Å². The van der Waals surface area contributed by atoms with E-state index in [9.17, 15) is 8.42 Å². The molecule has 0 unspecified atom stereocenters. The zero-order valence-corrected chi connectivity index (χ0v) is 21.5. The van der Waals surface area contributed by atoms with Crippen LogP contribution >= 0.6 is 0 Å². The second-order valence-corrected chi connectivity index (χ2v) is 13.5. The second-order valence-electron chi connectivity index (χ2n) is 11.5. The number of rotatable bonds is 3. The molecule has 2 aromatic carbocycles. The third kappa shape index (κ3) is 2.87. The normalized spacial score (nSPS) is 32.5. The van der Waals surface area contributed by atoms with Crippen LogP contribution in [0.15, 0.2) is 64.6 Å². The molecular formula is C29H35NO3S. The minimum atomic E-state index is -3.58. The van der Waals surface area contributed by atoms with Crippen LogP contribution in [0.4, 0.5) is 0 Å². The van der Waals surface area contributed by atoms with Gasteiger partial charge in [0.05, 0.1) is 10.5 Å². The van der Waals surface area contributed by atoms with Gasteiger partial charge >= 0.3 is 0 Å². The molecular weight excluding hydrogens is 442 g/mol. The smallest absolute Gasteiger partial charge is 0.243 e. The average Bonchev–Trinajstić information content (AvgIpc) is 3.37. The highest BCUT2D eigenvalue weighted by Crippen LogP contribution is 2.73. The molecule has 2 aromatic rings. The van der Waals surface area contributed by atoms with Gasteiger partial charge in [0, 0.05) is 24.4 Å². The molecule has 3 atom stereocenters. The van der Waals surface area contributed by atoms with E-state index in [2.05, 4.69) is 45.0 Å². The number of benzene rings is 2. The lowest BCUT2D eigenvalue weighted by Crippen LogP contribution is -2.46. The second kappa shape index (κ2) is 7.28. The van der Waals surface area contributed by atoms with Crippen LogP contribution in [0.2, 0.25) is 0 Å². The number of ether oxygens (including phenoxy) is 1. The summed E-state index contributed by atoms with van der Waals surface area (Å²) < 4.78 is 36.7. The van der Waals surface area contributed by atoms with Crippen LogP contribution < -0.4 is 0 Å². The maximum Gasteiger partial charge on any atom is 0.243 e. The number of hydrogen-bond acceptors (Lipinski definition) is 3. The molecule has 0 aromatic heterocycles. The minimum Gasteiger partial charge on any atom is -0.359 e. The van der Waals surface area contributed by atoms with Gasteiger partial charge < -0.3 is 4.74 Å². The standard InChI is InChI=1S/C29H35NO3S/c1-20-12-14-24(15-13-20)34(31,32)30-18-26-27(3,4)33-29(23-10-7-8-21(2)16-23)25-11-6-5-9-22(25)17-28(26,29)19-30/h7-8,10,12-16,26H,5-6,9,11,17-19H2,1-4H3/t26-,28-,29+/m1/s1. The lowest BCUT2D eigenvalue weighted by atomic mass is 9.62. The van der Waals surface area contributed by atoms with Crippen molar-refractivity contribution in [2.45, 2.75) is 75.9 Å². The van der Waals surface area contributed by atoms with E-state index in [-0.39, 0.29) is 11.3 Å². The summed E-state index contributed by atoms with van der Waals surface area (Å²) in [4.78, 5) is 0.394. The van der Waals surface area contributed by atoms with Crippen molar-refractivity contribution >= 4 is 10.0 Å². The molecule has 0 amide bonds. The summed E-state index contributed by atoms with van der Waals surface area (Å²) in [5.74, 6) is 0.131. The zero-order valence-electron chi connectivity index (χ0n) is 20.7. The van der Waals surface area contributed by atoms with Crippen LogP contribution in [0, 0.1) is 25.2 Å². The molecule has 2 aliphatic heterocycles. The maximum atomic E-state index is 13.9. The van der Waals surface area contributed by atoms with Gasteiger partial charge in [-0.15, -0.1) is 0 Å². The summed E-state index contributed by atoms with van der Waals surface area (Å²) in [6, 6.07) is 16.1. The van der Waals surface area contributed by atoms with Crippen molar-refractivity contribution in [1.82, 2.24) is 4.31 Å². The highest BCUT2D eigenvalue weighted by atomic mass is 32.2. The van der Waals surface area contributed by atoms with Crippen LogP contribution in [-0.4, -0.2) is 31.4 Å². The number of hydrogen-bond donors (Lipinski definition) is 0. The van der Waals surface area contributed by atoms with Gasteiger partial charge in [0.1, 0.15) is 5.60 Å². The lowest BCUT2D eigenvalue weighted by Gasteiger charge is -2.42. The van der Waals surface area contributed by atoms with E-state index in [1.807, 2.05) is 19.1 Å². The Labute approximate surface area is 204 Å². The predicted molar refractivity (Wildman–Crippen MR) is 134 cm³/mol. The molecule has 0 radical (unpaired) electrons. The average molecular weight is 478 g/mol. The molecule has 4 aliphatic rings. The Balaban J connectivity index is 1.52. The fraction of sp³-hybridized carbons (Fsp3) is 0.517. The van der Waals surface area contributed by atoms with Crippen molar-refractivity contribution in [2.24, 2.45) is 11.3 Å². The largest absolute Gasteiger partial charge is 0.359 e. The van der Waals surface area contributed by atoms with Gasteiger partial charge in [-0.05, 0) is 83.1 Å². The fourth-order valence-electron chi connectivity index (χ4n) is 7.74. The highest BCUT2D eigenvalue weighted by Gasteiger charge is 2.75. The van der Waals surface area contributed by atoms with E-state index in [0.717, 1.165) is 24.8 Å². The quantitative estimate of drug-likeness (QED) is 0.518. The van der Waals surface area contributed by atoms with Crippen LogP contribution in [0.25, 0.3) is 0 Å². The molecule has 0 bridgehead atoms. The Kier molecular flexibility index (Phi) is 4.82. The predicted octanol–water partition coefficient (Wildman–Crippen LogP) is 5.89. The highest BCUT2D eigenvalue weighted by molar-refractivity contribution is 7.89. The first-order chi connectivity index (χ1) is 16.1. The van der Waals surface area contributed by atoms with E-state index in [1.54, 1.807) is 16.4 Å². The van der Waals surface area contributed by atoms with E-state index >= 15 is 0 Å². The third-order valence-corrected chi connectivity index (χ3v) is 10.9. The maximum absolute atomic E-state index is 13.9. The van der Waals surface area contributed by atoms with Gasteiger partial charge in [-0.2, -0.15) is 4.31 Å². The van der Waals surface area contributed by atoms with E-state index in [0.29, 0.717) is 18.0 Å². The first-order valence-electron chi connectivity index (χ1n) is 12.7. The number of sulfonamides is 1. The molecule has 1 spiro atoms. The SMILES string of the molecule is Cc1ccc(S(=O)(=O)N2C[C@@H]3C(C)(C)O[C@@]4(c5cccc(C)c5)C5=C(CCCC5)C[C@@]34C2)cc1. The molecule has 0 saturated carbocycles. The minimum absolute atomic E-state index is 0.131. The summed E-state index contributed by atoms with van der Waals surface area (Å²) in [7, 11) is -3.58. The molecule has 2 saturated heterocycles. The number of nitrogens with zero attached hydrogens (tertiary/aromatic N) is 1. The number of fused-ring (bicyclic) bond motifs is 1. The first-order valence-corrected chi connectivity index (χ1v) is 14.1. The van der Waals surface area contributed by atoms with Crippen molar-refractivity contribution in [3.05, 3.63) is 76.4 Å². The molecule has 6 rings (SSSR count). The molecule has 4 nitrogen and oxygen atoms in total. The van der Waals surface area contributed by atoms with Gasteiger partial charge in [-0.1, -0.05) is 53.1 Å². The molecule has 180 valence electrons. The van der Waals surface area contributed by atoms with Crippen LogP contribution in [0.1, 0.15) is 62.6 Å². The number of allylic oxidation sites excluding steroid dienone is 1. The summed E-state index contributed by atoms with van der Waals surface area (Å²) in [5.41, 5.74) is 5.26. The van der Waals surface area contributed by atoms with Crippen molar-refractivity contribution in [2.75, 3.05) is 13.1 Å². The molecule has 2 heterocycles. The van der Waals surface area contributed by atoms with Crippen molar-refractivity contribution < 1.29 is 13.2 Å². The Morgan fingerprint density at radius 3 is 2.44 bits per heavy atom. The third-order valence-electron chi connectivity index (χ3n) is 9.09. The van der Waals surface area contributed by atoms with Gasteiger partial charge in [0.2, 0.25) is 10.0 Å². The summed E-state index contributed by atoms with van der Waals surface area (Å²) >= 11 is 0. The molecule has 2 aliphatic carbocycles. The van der Waals surface area contributed by atoms with Crippen molar-refractivity contribution in [3.8, 4) is 0 Å². The first kappa shape index (κ1) is 22.5. The molecule has 2 fully saturated rings. The van der Waals surface area contributed by atoms with E-state index < -0.39 is 21.2 Å². The Morgan fingerprint density at radius 1 is 0.971 bits per heavy atom. The van der Waals surface area contributed by atoms with Crippen LogP contribution in [0.3, 0.4) is 0 Å². The van der Waals surface area contributed by atoms with Gasteiger partial charge in [0.25, 0.3) is 0 Å². The summed E-state index contributed by atoms with van der Waals surface area (Å²) in [6.45, 7) is 9.51. The van der Waals surface area contributed by atoms with Gasteiger partial charge in [-0.25, -0.2) is 8.42 Å². The van der Waals surface area contributed by atoms with Crippen LogP contribution in [-0.2, 0) is 20.4 Å². The van der Waals surface area contributed by atoms with Crippen molar-refractivity contribution in [1.29, 1.82) is 0 Å². The fourth-order valence-corrected chi connectivity index (χ4v) is 9.26. The summed E-state index contributed by atoms with van der Waals surface area (Å²) in [5, 5.41) is 0. The monoisotopic (exact) mass is 477 g/mol. The van der Waals surface area contributed by atoms with E-state index in [1.165, 1.54) is 35.1 Å². The van der Waals surface area contributed by atoms with Gasteiger partial charge in [-0.3, -0.25) is 0 Å². The Bertz CT molecular complexity index is 1290. The number of aryl methyl sites for hydroxylation is 2. The van der Waals surface area contributed by atoms with Gasteiger partial charge in [0.15, 0.2) is 0 Å². The Morgan fingerprint density at radius 2 is 1.71 bits per heavy atom. The zero-order chi connectivity index (χ0) is 23.9. The lowest BCUT2D eigenvalue weighted by molar-refractivity contribution is -0.101. The summed E-state index contributed by atoms with van der Waals surface area (Å²) in [6.07, 6.45) is 5.52. The topological polar surface area (TPSA) is 46.6 Å². The molecule has 34 heavy (non-hydrogen) atoms. The Hall–Kier alpha value is -1.95. The van der Waals surface area contributed by atoms with E-state index in [4.69, 9.17) is 4.74 Å². The molecule has 0 N–H and O–H groups in total. The van der Waals surface area contributed by atoms with Crippen molar-refractivity contribution in [3.63, 3.8) is 0 Å². The molecule has 5 heteroatoms.